The first-order chi connectivity index (χ1) is 11.4. The van der Waals surface area contributed by atoms with Crippen LogP contribution in [0.2, 0.25) is 0 Å². The van der Waals surface area contributed by atoms with E-state index in [4.69, 9.17) is 0 Å². The summed E-state index contributed by atoms with van der Waals surface area (Å²) in [6.45, 7) is 0. The Morgan fingerprint density at radius 3 is 2.48 bits per heavy atom. The molecule has 0 spiro atoms. The van der Waals surface area contributed by atoms with Gasteiger partial charge in [0.1, 0.15) is 0 Å². The Morgan fingerprint density at radius 2 is 1.57 bits per heavy atom. The lowest BCUT2D eigenvalue weighted by molar-refractivity contribution is 1.26. The van der Waals surface area contributed by atoms with E-state index in [2.05, 4.69) is 58.7 Å². The molecule has 5 rings (SSSR count). The SMILES string of the molecule is C1=CSC(=C2SC=C(c3ccc4c(c3)Cc3ccccc3-4)S2)S1. The lowest BCUT2D eigenvalue weighted by atomic mass is 10.0. The average molecular weight is 369 g/mol. The molecule has 2 heterocycles. The molecule has 112 valence electrons. The number of benzene rings is 2. The molecule has 0 radical (unpaired) electrons. The summed E-state index contributed by atoms with van der Waals surface area (Å²) in [5.74, 6) is 0. The fourth-order valence-corrected chi connectivity index (χ4v) is 7.55. The van der Waals surface area contributed by atoms with Crippen LogP contribution in [0, 0.1) is 0 Å². The highest BCUT2D eigenvalue weighted by Gasteiger charge is 2.22. The van der Waals surface area contributed by atoms with Gasteiger partial charge in [0.25, 0.3) is 0 Å². The maximum absolute atomic E-state index is 2.38. The lowest BCUT2D eigenvalue weighted by Gasteiger charge is -2.06. The number of fused-ring (bicyclic) bond motifs is 3. The van der Waals surface area contributed by atoms with Crippen LogP contribution in [-0.2, 0) is 6.42 Å². The van der Waals surface area contributed by atoms with Crippen molar-refractivity contribution in [3.05, 3.63) is 83.9 Å². The van der Waals surface area contributed by atoms with Gasteiger partial charge in [0.15, 0.2) is 0 Å². The molecule has 0 atom stereocenters. The van der Waals surface area contributed by atoms with Gasteiger partial charge in [-0.2, -0.15) is 0 Å². The third kappa shape index (κ3) is 2.52. The first-order valence-electron chi connectivity index (χ1n) is 7.37. The van der Waals surface area contributed by atoms with Crippen molar-refractivity contribution in [2.75, 3.05) is 0 Å². The fourth-order valence-electron chi connectivity index (χ4n) is 3.07. The van der Waals surface area contributed by atoms with Crippen molar-refractivity contribution in [3.8, 4) is 11.1 Å². The van der Waals surface area contributed by atoms with Crippen molar-refractivity contribution >= 4 is 52.0 Å². The highest BCUT2D eigenvalue weighted by molar-refractivity contribution is 8.35. The van der Waals surface area contributed by atoms with Gasteiger partial charge in [0, 0.05) is 4.91 Å². The molecule has 0 bridgehead atoms. The van der Waals surface area contributed by atoms with Gasteiger partial charge in [0.05, 0.1) is 8.47 Å². The maximum Gasteiger partial charge on any atom is 0.0700 e. The zero-order valence-corrected chi connectivity index (χ0v) is 15.4. The monoisotopic (exact) mass is 368 g/mol. The summed E-state index contributed by atoms with van der Waals surface area (Å²) in [6.07, 6.45) is 1.06. The average Bonchev–Trinajstić information content (AvgIpc) is 3.32. The predicted octanol–water partition coefficient (Wildman–Crippen LogP) is 7.11. The summed E-state index contributed by atoms with van der Waals surface area (Å²) in [5.41, 5.74) is 7.08. The lowest BCUT2D eigenvalue weighted by Crippen LogP contribution is -1.84. The Morgan fingerprint density at radius 1 is 0.739 bits per heavy atom. The smallest absolute Gasteiger partial charge is 0.0700 e. The summed E-state index contributed by atoms with van der Waals surface area (Å²) in [7, 11) is 0. The van der Waals surface area contributed by atoms with Crippen LogP contribution in [-0.4, -0.2) is 0 Å². The summed E-state index contributed by atoms with van der Waals surface area (Å²) in [6, 6.07) is 15.7. The quantitative estimate of drug-likeness (QED) is 0.448. The Labute approximate surface area is 152 Å². The van der Waals surface area contributed by atoms with Gasteiger partial charge < -0.3 is 0 Å². The number of hydrogen-bond donors (Lipinski definition) is 0. The van der Waals surface area contributed by atoms with Crippen LogP contribution in [0.4, 0.5) is 0 Å². The highest BCUT2D eigenvalue weighted by Crippen LogP contribution is 2.56. The molecule has 0 nitrogen and oxygen atoms in total. The fraction of sp³-hybridized carbons (Fsp3) is 0.0526. The molecule has 1 aliphatic carbocycles. The molecule has 0 saturated heterocycles. The molecule has 2 aliphatic heterocycles. The Bertz CT molecular complexity index is 895. The number of rotatable bonds is 1. The van der Waals surface area contributed by atoms with Crippen LogP contribution >= 0.6 is 47.0 Å². The van der Waals surface area contributed by atoms with Crippen molar-refractivity contribution in [1.29, 1.82) is 0 Å². The summed E-state index contributed by atoms with van der Waals surface area (Å²) in [4.78, 5) is 1.38. The Kier molecular flexibility index (Phi) is 3.66. The molecule has 0 N–H and O–H groups in total. The first-order valence-corrected chi connectivity index (χ1v) is 10.8. The highest BCUT2D eigenvalue weighted by atomic mass is 32.2. The second-order valence-electron chi connectivity index (χ2n) is 5.49. The molecule has 4 heteroatoms. The van der Waals surface area contributed by atoms with Crippen LogP contribution in [0.25, 0.3) is 16.0 Å². The third-order valence-electron chi connectivity index (χ3n) is 4.13. The molecule has 2 aromatic carbocycles. The number of thioether (sulfide) groups is 4. The zero-order valence-electron chi connectivity index (χ0n) is 12.1. The predicted molar refractivity (Wildman–Crippen MR) is 109 cm³/mol. The van der Waals surface area contributed by atoms with Gasteiger partial charge in [-0.1, -0.05) is 83.4 Å². The first kappa shape index (κ1) is 14.4. The van der Waals surface area contributed by atoms with Crippen molar-refractivity contribution in [1.82, 2.24) is 0 Å². The molecule has 0 unspecified atom stereocenters. The molecule has 0 fully saturated rings. The van der Waals surface area contributed by atoms with Gasteiger partial charge in [-0.15, -0.1) is 0 Å². The summed E-state index contributed by atoms with van der Waals surface area (Å²) >= 11 is 7.45. The minimum atomic E-state index is 1.06. The van der Waals surface area contributed by atoms with E-state index in [1.54, 1.807) is 0 Å². The molecular formula is C19H12S4. The third-order valence-corrected chi connectivity index (χ3v) is 9.20. The van der Waals surface area contributed by atoms with Gasteiger partial charge in [-0.3, -0.25) is 0 Å². The second-order valence-corrected chi connectivity index (χ2v) is 9.77. The second kappa shape index (κ2) is 5.85. The van der Waals surface area contributed by atoms with Crippen molar-refractivity contribution in [3.63, 3.8) is 0 Å². The van der Waals surface area contributed by atoms with Gasteiger partial charge >= 0.3 is 0 Å². The van der Waals surface area contributed by atoms with Crippen LogP contribution in [0.3, 0.4) is 0 Å². The Hall–Kier alpha value is -0.940. The van der Waals surface area contributed by atoms with Gasteiger partial charge in [-0.05, 0) is 56.5 Å². The van der Waals surface area contributed by atoms with Crippen LogP contribution in [0.5, 0.6) is 0 Å². The standard InChI is InChI=1S/C19H12S4/c1-2-4-15-12(3-1)9-14-10-13(5-6-16(14)15)17-11-22-19(23-17)18-20-7-8-21-18/h1-8,10-11H,9H2. The van der Waals surface area contributed by atoms with Crippen LogP contribution in [0.1, 0.15) is 16.7 Å². The van der Waals surface area contributed by atoms with Gasteiger partial charge in [0.2, 0.25) is 0 Å². The van der Waals surface area contributed by atoms with E-state index >= 15 is 0 Å². The zero-order chi connectivity index (χ0) is 15.2. The van der Waals surface area contributed by atoms with Crippen molar-refractivity contribution in [2.24, 2.45) is 0 Å². The van der Waals surface area contributed by atoms with Crippen molar-refractivity contribution < 1.29 is 0 Å². The molecular weight excluding hydrogens is 356 g/mol. The van der Waals surface area contributed by atoms with E-state index in [9.17, 15) is 0 Å². The van der Waals surface area contributed by atoms with E-state index in [0.29, 0.717) is 0 Å². The van der Waals surface area contributed by atoms with E-state index in [1.165, 1.54) is 41.2 Å². The van der Waals surface area contributed by atoms with Crippen molar-refractivity contribution in [2.45, 2.75) is 6.42 Å². The summed E-state index contributed by atoms with van der Waals surface area (Å²) < 4.78 is 2.84. The molecule has 23 heavy (non-hydrogen) atoms. The largest absolute Gasteiger partial charge is 0.0884 e. The maximum atomic E-state index is 2.38. The van der Waals surface area contributed by atoms with Crippen LogP contribution in [0.15, 0.2) is 67.2 Å². The van der Waals surface area contributed by atoms with E-state index in [1.807, 2.05) is 47.0 Å². The molecule has 0 amide bonds. The van der Waals surface area contributed by atoms with Gasteiger partial charge in [-0.25, -0.2) is 0 Å². The van der Waals surface area contributed by atoms with E-state index < -0.39 is 0 Å². The molecule has 2 aromatic rings. The minimum Gasteiger partial charge on any atom is -0.0884 e. The minimum absolute atomic E-state index is 1.06. The van der Waals surface area contributed by atoms with E-state index in [0.717, 1.165) is 6.42 Å². The Balaban J connectivity index is 1.46. The number of hydrogen-bond acceptors (Lipinski definition) is 4. The summed E-state index contributed by atoms with van der Waals surface area (Å²) in [5, 5.41) is 6.63. The molecule has 3 aliphatic rings. The normalized spacial score (nSPS) is 18.3. The molecule has 0 saturated carbocycles. The topological polar surface area (TPSA) is 0 Å². The van der Waals surface area contributed by atoms with Crippen LogP contribution < -0.4 is 0 Å². The van der Waals surface area contributed by atoms with E-state index in [-0.39, 0.29) is 0 Å². The molecule has 0 aromatic heterocycles.